The number of unbranched alkanes of at least 4 members (excludes halogenated alkanes) is 39. The van der Waals surface area contributed by atoms with Gasteiger partial charge in [0.1, 0.15) is 13.2 Å². The van der Waals surface area contributed by atoms with E-state index in [1.807, 2.05) is 0 Å². The molecule has 1 unspecified atom stereocenters. The first-order valence-corrected chi connectivity index (χ1v) is 35.1. The highest BCUT2D eigenvalue weighted by Crippen LogP contribution is 2.17. The lowest BCUT2D eigenvalue weighted by Crippen LogP contribution is -2.30. The van der Waals surface area contributed by atoms with Gasteiger partial charge in [-0.3, -0.25) is 14.4 Å². The van der Waals surface area contributed by atoms with Crippen molar-refractivity contribution in [2.24, 2.45) is 0 Å². The van der Waals surface area contributed by atoms with Crippen LogP contribution in [0.4, 0.5) is 0 Å². The second-order valence-corrected chi connectivity index (χ2v) is 23.4. The van der Waals surface area contributed by atoms with Gasteiger partial charge in [0.15, 0.2) is 6.10 Å². The molecular weight excluding hydrogens is 997 g/mol. The molecular formula is C75H132O6. The fraction of sp³-hybridized carbons (Fsp3) is 0.773. The molecule has 0 aromatic rings. The Morgan fingerprint density at radius 1 is 0.259 bits per heavy atom. The highest BCUT2D eigenvalue weighted by Gasteiger charge is 2.19. The van der Waals surface area contributed by atoms with Gasteiger partial charge in [-0.2, -0.15) is 0 Å². The molecule has 0 saturated heterocycles. The molecule has 0 saturated carbocycles. The van der Waals surface area contributed by atoms with Gasteiger partial charge in [-0.25, -0.2) is 0 Å². The van der Waals surface area contributed by atoms with E-state index >= 15 is 0 Å². The fourth-order valence-corrected chi connectivity index (χ4v) is 10.1. The normalized spacial score (nSPS) is 12.6. The Labute approximate surface area is 503 Å². The van der Waals surface area contributed by atoms with E-state index in [0.29, 0.717) is 19.3 Å². The number of carbonyl (C=O) groups is 3. The lowest BCUT2D eigenvalue weighted by Gasteiger charge is -2.18. The number of ether oxygens (including phenoxy) is 3. The molecule has 0 amide bonds. The highest BCUT2D eigenvalue weighted by molar-refractivity contribution is 5.71. The summed E-state index contributed by atoms with van der Waals surface area (Å²) in [5.41, 5.74) is 0. The Hall–Kier alpha value is -3.41. The first-order chi connectivity index (χ1) is 40.0. The molecule has 0 bridgehead atoms. The topological polar surface area (TPSA) is 78.9 Å². The molecule has 0 heterocycles. The zero-order chi connectivity index (χ0) is 58.5. The Kier molecular flexibility index (Phi) is 66.2. The molecule has 0 aliphatic heterocycles. The molecule has 468 valence electrons. The Morgan fingerprint density at radius 2 is 0.481 bits per heavy atom. The number of allylic oxidation sites excluding steroid dienone is 14. The van der Waals surface area contributed by atoms with Crippen molar-refractivity contribution in [3.8, 4) is 0 Å². The molecule has 0 aromatic heterocycles. The van der Waals surface area contributed by atoms with Gasteiger partial charge in [0.2, 0.25) is 0 Å². The van der Waals surface area contributed by atoms with Gasteiger partial charge in [-0.15, -0.1) is 0 Å². The van der Waals surface area contributed by atoms with E-state index in [1.165, 1.54) is 218 Å². The number of hydrogen-bond acceptors (Lipinski definition) is 6. The van der Waals surface area contributed by atoms with Crippen molar-refractivity contribution in [1.29, 1.82) is 0 Å². The largest absolute Gasteiger partial charge is 0.462 e. The van der Waals surface area contributed by atoms with Crippen molar-refractivity contribution in [2.45, 2.75) is 361 Å². The molecule has 0 fully saturated rings. The number of rotatable bonds is 64. The average molecular weight is 1130 g/mol. The summed E-state index contributed by atoms with van der Waals surface area (Å²) in [4.78, 5) is 38.4. The van der Waals surface area contributed by atoms with Crippen LogP contribution in [-0.2, 0) is 28.6 Å². The van der Waals surface area contributed by atoms with Gasteiger partial charge in [-0.1, -0.05) is 305 Å². The number of esters is 3. The summed E-state index contributed by atoms with van der Waals surface area (Å²) in [7, 11) is 0. The molecule has 0 N–H and O–H groups in total. The molecule has 1 atom stereocenters. The SMILES string of the molecule is CC/C=C\C/C=C\C/C=C\C/C=C\C/C=C\CCCCCCCCCCCCCCCC(=O)OCC(COC(=O)CCCCCCC/C=C\CCCCCC)OC(=O)CCCCCCCCCCC/C=C\CCCCCCCCCC. The smallest absolute Gasteiger partial charge is 0.306 e. The molecule has 6 nitrogen and oxygen atoms in total. The van der Waals surface area contributed by atoms with Gasteiger partial charge in [0, 0.05) is 19.3 Å². The maximum absolute atomic E-state index is 12.9. The molecule has 6 heteroatoms. The zero-order valence-corrected chi connectivity index (χ0v) is 53.8. The number of hydrogen-bond donors (Lipinski definition) is 0. The van der Waals surface area contributed by atoms with Crippen LogP contribution < -0.4 is 0 Å². The Balaban J connectivity index is 4.26. The predicted molar refractivity (Wildman–Crippen MR) is 353 cm³/mol. The van der Waals surface area contributed by atoms with E-state index in [1.54, 1.807) is 0 Å². The van der Waals surface area contributed by atoms with E-state index in [4.69, 9.17) is 14.2 Å². The molecule has 0 rings (SSSR count). The third-order valence-corrected chi connectivity index (χ3v) is 15.4. The van der Waals surface area contributed by atoms with Gasteiger partial charge in [0.05, 0.1) is 0 Å². The van der Waals surface area contributed by atoms with Crippen molar-refractivity contribution in [1.82, 2.24) is 0 Å². The van der Waals surface area contributed by atoms with Crippen LogP contribution in [0.25, 0.3) is 0 Å². The first-order valence-electron chi connectivity index (χ1n) is 35.1. The van der Waals surface area contributed by atoms with Crippen molar-refractivity contribution >= 4 is 17.9 Å². The summed E-state index contributed by atoms with van der Waals surface area (Å²) in [5, 5.41) is 0. The number of carbonyl (C=O) groups excluding carboxylic acids is 3. The molecule has 0 aliphatic carbocycles. The van der Waals surface area contributed by atoms with Crippen molar-refractivity contribution in [3.05, 3.63) is 85.1 Å². The van der Waals surface area contributed by atoms with Crippen molar-refractivity contribution < 1.29 is 28.6 Å². The Bertz CT molecular complexity index is 1530. The third-order valence-electron chi connectivity index (χ3n) is 15.4. The maximum atomic E-state index is 12.9. The average Bonchev–Trinajstić information content (AvgIpc) is 3.46. The third kappa shape index (κ3) is 67.3. The van der Waals surface area contributed by atoms with Crippen LogP contribution in [0.1, 0.15) is 355 Å². The summed E-state index contributed by atoms with van der Waals surface area (Å²) >= 11 is 0. The minimum absolute atomic E-state index is 0.0776. The highest BCUT2D eigenvalue weighted by atomic mass is 16.6. The standard InChI is InChI=1S/C75H132O6/c1-4-7-10-13-16-19-22-25-27-29-31-33-34-35-36-37-38-39-40-42-43-45-47-50-53-56-59-62-65-68-74(77)80-71-72(70-79-73(76)67-64-61-58-55-52-49-24-21-18-15-12-9-6-3)81-75(78)69-66-63-60-57-54-51-48-46-44-41-32-30-28-26-23-20-17-14-11-8-5-2/h7,10,16,19,21,24-25,27,30-33,35-36,72H,4-6,8-9,11-15,17-18,20,22-23,26,28-29,34,37-71H2,1-3H3/b10-7-,19-16-,24-21-,27-25-,32-30-,33-31-,36-35-. The van der Waals surface area contributed by atoms with Gasteiger partial charge in [-0.05, 0) is 116 Å². The fourth-order valence-electron chi connectivity index (χ4n) is 10.1. The monoisotopic (exact) mass is 1130 g/mol. The van der Waals surface area contributed by atoms with Crippen LogP contribution in [0.15, 0.2) is 85.1 Å². The lowest BCUT2D eigenvalue weighted by molar-refractivity contribution is -0.167. The summed E-state index contributed by atoms with van der Waals surface area (Å²) in [6, 6.07) is 0. The van der Waals surface area contributed by atoms with Crippen LogP contribution >= 0.6 is 0 Å². The maximum Gasteiger partial charge on any atom is 0.306 e. The van der Waals surface area contributed by atoms with Gasteiger partial charge < -0.3 is 14.2 Å². The van der Waals surface area contributed by atoms with Crippen LogP contribution in [0.3, 0.4) is 0 Å². The van der Waals surface area contributed by atoms with E-state index in [9.17, 15) is 14.4 Å². The first kappa shape index (κ1) is 77.6. The van der Waals surface area contributed by atoms with Crippen LogP contribution in [-0.4, -0.2) is 37.2 Å². The summed E-state index contributed by atoms with van der Waals surface area (Å²) in [6.45, 7) is 6.55. The predicted octanol–water partition coefficient (Wildman–Crippen LogP) is 24.2. The lowest BCUT2D eigenvalue weighted by atomic mass is 10.0. The minimum Gasteiger partial charge on any atom is -0.462 e. The molecule has 0 spiro atoms. The molecule has 0 aromatic carbocycles. The van der Waals surface area contributed by atoms with E-state index in [2.05, 4.69) is 106 Å². The van der Waals surface area contributed by atoms with Gasteiger partial charge >= 0.3 is 17.9 Å². The second-order valence-electron chi connectivity index (χ2n) is 23.4. The molecule has 0 radical (unpaired) electrons. The summed E-state index contributed by atoms with van der Waals surface area (Å²) in [5.74, 6) is -0.872. The van der Waals surface area contributed by atoms with Gasteiger partial charge in [0.25, 0.3) is 0 Å². The quantitative estimate of drug-likeness (QED) is 0.0261. The zero-order valence-electron chi connectivity index (χ0n) is 53.8. The van der Waals surface area contributed by atoms with Crippen LogP contribution in [0, 0.1) is 0 Å². The van der Waals surface area contributed by atoms with E-state index in [-0.39, 0.29) is 31.1 Å². The van der Waals surface area contributed by atoms with E-state index in [0.717, 1.165) is 96.3 Å². The second kappa shape index (κ2) is 69.1. The van der Waals surface area contributed by atoms with Crippen LogP contribution in [0.2, 0.25) is 0 Å². The molecule has 81 heavy (non-hydrogen) atoms. The minimum atomic E-state index is -0.782. The van der Waals surface area contributed by atoms with E-state index < -0.39 is 6.10 Å². The van der Waals surface area contributed by atoms with Crippen molar-refractivity contribution in [3.63, 3.8) is 0 Å². The summed E-state index contributed by atoms with van der Waals surface area (Å²) in [6.07, 6.45) is 91.8. The van der Waals surface area contributed by atoms with Crippen LogP contribution in [0.5, 0.6) is 0 Å². The van der Waals surface area contributed by atoms with Crippen molar-refractivity contribution in [2.75, 3.05) is 13.2 Å². The molecule has 0 aliphatic rings. The summed E-state index contributed by atoms with van der Waals surface area (Å²) < 4.78 is 17.0. The Morgan fingerprint density at radius 3 is 0.778 bits per heavy atom.